The molecule has 2 amide bonds. The van der Waals surface area contributed by atoms with Crippen molar-refractivity contribution in [2.45, 2.75) is 66.9 Å². The summed E-state index contributed by atoms with van der Waals surface area (Å²) in [5.74, 6) is 2.04. The number of rotatable bonds is 7. The van der Waals surface area contributed by atoms with E-state index in [1.54, 1.807) is 18.3 Å². The summed E-state index contributed by atoms with van der Waals surface area (Å²) in [7, 11) is 0. The van der Waals surface area contributed by atoms with E-state index in [2.05, 4.69) is 20.5 Å². The zero-order valence-corrected chi connectivity index (χ0v) is 19.2. The van der Waals surface area contributed by atoms with Crippen molar-refractivity contribution in [2.75, 3.05) is 5.32 Å². The quantitative estimate of drug-likeness (QED) is 0.607. The first-order valence-electron chi connectivity index (χ1n) is 10.4. The number of thiazole rings is 1. The summed E-state index contributed by atoms with van der Waals surface area (Å²) in [5, 5.41) is 14.9. The molecule has 0 aliphatic heterocycles. The zero-order chi connectivity index (χ0) is 20.9. The third-order valence-electron chi connectivity index (χ3n) is 6.71. The average Bonchev–Trinajstić information content (AvgIpc) is 3.30. The van der Waals surface area contributed by atoms with Crippen LogP contribution in [0.1, 0.15) is 56.2 Å². The van der Waals surface area contributed by atoms with Crippen molar-refractivity contribution in [1.29, 1.82) is 0 Å². The molecule has 7 nitrogen and oxygen atoms in total. The van der Waals surface area contributed by atoms with E-state index in [9.17, 15) is 9.59 Å². The lowest BCUT2D eigenvalue weighted by atomic mass is 9.50. The van der Waals surface area contributed by atoms with Crippen molar-refractivity contribution in [3.63, 3.8) is 0 Å². The van der Waals surface area contributed by atoms with Gasteiger partial charge in [0.2, 0.25) is 16.9 Å². The van der Waals surface area contributed by atoms with Crippen LogP contribution in [-0.4, -0.2) is 32.2 Å². The molecule has 0 radical (unpaired) electrons. The molecular weight excluding hydrogens is 438 g/mol. The Balaban J connectivity index is 1.20. The van der Waals surface area contributed by atoms with Crippen LogP contribution in [0, 0.1) is 17.8 Å². The summed E-state index contributed by atoms with van der Waals surface area (Å²) in [6, 6.07) is 0. The van der Waals surface area contributed by atoms with E-state index in [-0.39, 0.29) is 28.9 Å². The van der Waals surface area contributed by atoms with E-state index in [0.717, 1.165) is 27.1 Å². The summed E-state index contributed by atoms with van der Waals surface area (Å²) in [6.07, 6.45) is 8.09. The highest BCUT2D eigenvalue weighted by molar-refractivity contribution is 8.02. The Kier molecular flexibility index (Phi) is 5.35. The number of carbonyl (C=O) groups is 2. The van der Waals surface area contributed by atoms with Crippen molar-refractivity contribution < 1.29 is 9.59 Å². The number of nitrogens with one attached hydrogen (secondary N) is 1. The standard InChI is InChI=1S/C20H25N5O2S3/c1-10(16(21)27)29-19-22-14(9-28-19)5-15(26)23-18-25-24-17(30-18)20-6-11-2-12(7-20)4-13(3-11)8-20/h9-13H,2-8H2,1H3,(H2,21,27)(H,23,25,26). The number of primary amides is 1. The van der Waals surface area contributed by atoms with Crippen LogP contribution in [0.5, 0.6) is 0 Å². The Bertz CT molecular complexity index is 936. The van der Waals surface area contributed by atoms with Crippen LogP contribution in [0.3, 0.4) is 0 Å². The van der Waals surface area contributed by atoms with E-state index < -0.39 is 0 Å². The summed E-state index contributed by atoms with van der Waals surface area (Å²) in [6.45, 7) is 1.75. The molecule has 1 unspecified atom stereocenters. The lowest BCUT2D eigenvalue weighted by Gasteiger charge is -2.55. The van der Waals surface area contributed by atoms with Crippen LogP contribution in [0.25, 0.3) is 0 Å². The predicted octanol–water partition coefficient (Wildman–Crippen LogP) is 3.61. The molecule has 2 heterocycles. The van der Waals surface area contributed by atoms with Crippen LogP contribution < -0.4 is 11.1 Å². The minimum atomic E-state index is -0.374. The molecule has 0 spiro atoms. The second-order valence-electron chi connectivity index (χ2n) is 9.10. The Labute approximate surface area is 187 Å². The van der Waals surface area contributed by atoms with Crippen LogP contribution >= 0.6 is 34.4 Å². The highest BCUT2D eigenvalue weighted by atomic mass is 32.2. The fourth-order valence-corrected chi connectivity index (χ4v) is 8.73. The lowest BCUT2D eigenvalue weighted by molar-refractivity contribution is -0.117. The fraction of sp³-hybridized carbons (Fsp3) is 0.650. The maximum Gasteiger partial charge on any atom is 0.232 e. The van der Waals surface area contributed by atoms with Crippen LogP contribution in [0.2, 0.25) is 0 Å². The molecule has 160 valence electrons. The van der Waals surface area contributed by atoms with Gasteiger partial charge in [-0.05, 0) is 63.2 Å². The predicted molar refractivity (Wildman–Crippen MR) is 119 cm³/mol. The number of hydrogen-bond donors (Lipinski definition) is 2. The second-order valence-corrected chi connectivity index (χ2v) is 12.5. The molecule has 30 heavy (non-hydrogen) atoms. The van der Waals surface area contributed by atoms with E-state index in [0.29, 0.717) is 10.8 Å². The Morgan fingerprint density at radius 1 is 1.23 bits per heavy atom. The first-order chi connectivity index (χ1) is 14.4. The van der Waals surface area contributed by atoms with Gasteiger partial charge in [0.25, 0.3) is 0 Å². The number of amides is 2. The topological polar surface area (TPSA) is 111 Å². The normalized spacial score (nSPS) is 30.4. The van der Waals surface area contributed by atoms with Crippen LogP contribution in [-0.2, 0) is 21.4 Å². The minimum absolute atomic E-state index is 0.145. The smallest absolute Gasteiger partial charge is 0.232 e. The Morgan fingerprint density at radius 3 is 2.53 bits per heavy atom. The van der Waals surface area contributed by atoms with Gasteiger partial charge in [-0.25, -0.2) is 4.98 Å². The van der Waals surface area contributed by atoms with Gasteiger partial charge >= 0.3 is 0 Å². The van der Waals surface area contributed by atoms with E-state index >= 15 is 0 Å². The molecule has 2 aromatic heterocycles. The van der Waals surface area contributed by atoms with Crippen molar-refractivity contribution in [3.8, 4) is 0 Å². The van der Waals surface area contributed by atoms with Gasteiger partial charge in [0.05, 0.1) is 17.4 Å². The number of anilines is 1. The third-order valence-corrected chi connectivity index (χ3v) is 9.94. The number of aromatic nitrogens is 3. The lowest BCUT2D eigenvalue weighted by Crippen LogP contribution is -2.48. The summed E-state index contributed by atoms with van der Waals surface area (Å²) in [5.41, 5.74) is 6.18. The Hall–Kier alpha value is -1.52. The minimum Gasteiger partial charge on any atom is -0.369 e. The van der Waals surface area contributed by atoms with Crippen LogP contribution in [0.4, 0.5) is 5.13 Å². The number of nitrogens with two attached hydrogens (primary N) is 1. The van der Waals surface area contributed by atoms with Gasteiger partial charge in [0.15, 0.2) is 4.34 Å². The van der Waals surface area contributed by atoms with Crippen molar-refractivity contribution >= 4 is 51.4 Å². The van der Waals surface area contributed by atoms with Gasteiger partial charge in [-0.15, -0.1) is 21.5 Å². The molecule has 4 aliphatic rings. The highest BCUT2D eigenvalue weighted by Gasteiger charge is 2.53. The van der Waals surface area contributed by atoms with E-state index in [4.69, 9.17) is 5.73 Å². The molecule has 1 atom stereocenters. The number of carbonyl (C=O) groups excluding carboxylic acids is 2. The third kappa shape index (κ3) is 4.01. The molecule has 4 bridgehead atoms. The maximum atomic E-state index is 12.5. The number of hydrogen-bond acceptors (Lipinski definition) is 8. The van der Waals surface area contributed by atoms with Gasteiger partial charge in [-0.1, -0.05) is 23.1 Å². The van der Waals surface area contributed by atoms with Gasteiger partial charge < -0.3 is 11.1 Å². The largest absolute Gasteiger partial charge is 0.369 e. The molecule has 0 aromatic carbocycles. The molecule has 0 saturated heterocycles. The summed E-state index contributed by atoms with van der Waals surface area (Å²) in [4.78, 5) is 28.1. The van der Waals surface area contributed by atoms with Gasteiger partial charge in [-0.2, -0.15) is 0 Å². The molecule has 2 aromatic rings. The summed E-state index contributed by atoms with van der Waals surface area (Å²) >= 11 is 4.28. The van der Waals surface area contributed by atoms with Crippen molar-refractivity contribution in [1.82, 2.24) is 15.2 Å². The van der Waals surface area contributed by atoms with Crippen LogP contribution in [0.15, 0.2) is 9.72 Å². The van der Waals surface area contributed by atoms with Crippen molar-refractivity contribution in [3.05, 3.63) is 16.1 Å². The molecule has 4 fully saturated rings. The summed E-state index contributed by atoms with van der Waals surface area (Å²) < 4.78 is 0.740. The molecule has 10 heteroatoms. The second kappa shape index (κ2) is 7.87. The Morgan fingerprint density at radius 2 is 1.90 bits per heavy atom. The molecule has 3 N–H and O–H groups in total. The average molecular weight is 464 g/mol. The van der Waals surface area contributed by atoms with Gasteiger partial charge in [0.1, 0.15) is 5.01 Å². The fourth-order valence-electron chi connectivity index (χ4n) is 5.82. The SMILES string of the molecule is CC(Sc1nc(CC(=O)Nc2nnc(C34CC5CC(CC(C5)C3)C4)s2)cs1)C(N)=O. The zero-order valence-electron chi connectivity index (χ0n) is 16.8. The molecule has 6 rings (SSSR count). The molecular formula is C20H25N5O2S3. The van der Waals surface area contributed by atoms with Gasteiger partial charge in [-0.3, -0.25) is 9.59 Å². The maximum absolute atomic E-state index is 12.5. The monoisotopic (exact) mass is 463 g/mol. The molecule has 4 aliphatic carbocycles. The van der Waals surface area contributed by atoms with E-state index in [1.807, 2.05) is 5.38 Å². The van der Waals surface area contributed by atoms with Crippen molar-refractivity contribution in [2.24, 2.45) is 23.5 Å². The first kappa shape index (κ1) is 20.4. The van der Waals surface area contributed by atoms with E-state index in [1.165, 1.54) is 61.6 Å². The first-order valence-corrected chi connectivity index (χ1v) is 13.0. The molecule has 4 saturated carbocycles. The van der Waals surface area contributed by atoms with Gasteiger partial charge in [0, 0.05) is 10.8 Å². The number of nitrogens with zero attached hydrogens (tertiary/aromatic N) is 3. The number of thioether (sulfide) groups is 1. The highest BCUT2D eigenvalue weighted by Crippen LogP contribution is 2.61.